The molecule has 4 aromatic heterocycles. The van der Waals surface area contributed by atoms with Gasteiger partial charge in [-0.15, -0.1) is 0 Å². The van der Waals surface area contributed by atoms with Gasteiger partial charge in [0.15, 0.2) is 11.6 Å². The molecule has 0 aromatic carbocycles. The Labute approximate surface area is 224 Å². The van der Waals surface area contributed by atoms with Crippen molar-refractivity contribution in [2.24, 2.45) is 0 Å². The van der Waals surface area contributed by atoms with Gasteiger partial charge in [-0.25, -0.2) is 18.7 Å². The number of rotatable bonds is 5. The van der Waals surface area contributed by atoms with Crippen LogP contribution in [0.15, 0.2) is 59.8 Å². The van der Waals surface area contributed by atoms with Crippen LogP contribution in [0.1, 0.15) is 39.4 Å². The fourth-order valence-corrected chi connectivity index (χ4v) is 4.06. The first-order valence-electron chi connectivity index (χ1n) is 12.5. The Morgan fingerprint density at radius 1 is 1.13 bits per heavy atom. The molecule has 5 heterocycles. The molecule has 0 bridgehead atoms. The Bertz CT molecular complexity index is 1720. The average Bonchev–Trinajstić information content (AvgIpc) is 2.87. The molecule has 1 aliphatic rings. The normalized spacial score (nSPS) is 14.9. The smallest absolute Gasteiger partial charge is 0.277 e. The van der Waals surface area contributed by atoms with Crippen molar-refractivity contribution in [2.75, 3.05) is 0 Å². The maximum absolute atomic E-state index is 14.3. The highest BCUT2D eigenvalue weighted by Gasteiger charge is 2.22. The lowest BCUT2D eigenvalue weighted by Gasteiger charge is -2.20. The minimum atomic E-state index is -2.87. The molecule has 0 aliphatic carbocycles. The van der Waals surface area contributed by atoms with Gasteiger partial charge < -0.3 is 9.84 Å². The lowest BCUT2D eigenvalue weighted by Crippen LogP contribution is -2.25. The van der Waals surface area contributed by atoms with Crippen molar-refractivity contribution in [2.45, 2.75) is 38.8 Å². The van der Waals surface area contributed by atoms with Crippen molar-refractivity contribution in [3.8, 4) is 22.8 Å². The van der Waals surface area contributed by atoms with Gasteiger partial charge in [-0.05, 0) is 38.0 Å². The van der Waals surface area contributed by atoms with Crippen LogP contribution in [-0.2, 0) is 25.0 Å². The van der Waals surface area contributed by atoms with Crippen molar-refractivity contribution in [1.29, 1.82) is 0 Å². The summed E-state index contributed by atoms with van der Waals surface area (Å²) in [6, 6.07) is 5.17. The fraction of sp³-hybridized carbons (Fsp3) is 0.222. The van der Waals surface area contributed by atoms with Crippen LogP contribution in [0.3, 0.4) is 0 Å². The largest absolute Gasteiger partial charge is 0.485 e. The number of ether oxygens (including phenoxy) is 1. The molecule has 194 valence electrons. The van der Waals surface area contributed by atoms with Crippen LogP contribution in [0.2, 0.25) is 5.02 Å². The number of aromatic nitrogens is 5. The van der Waals surface area contributed by atoms with Crippen LogP contribution in [0.4, 0.5) is 8.78 Å². The topological polar surface area (TPSA) is 103 Å². The molecular weight excluding hydrogens is 516 g/mol. The van der Waals surface area contributed by atoms with E-state index in [0.717, 1.165) is 0 Å². The van der Waals surface area contributed by atoms with E-state index in [0.29, 0.717) is 47.0 Å². The average molecular weight is 540 g/mol. The van der Waals surface area contributed by atoms with Crippen LogP contribution in [0.25, 0.3) is 17.1 Å². The quantitative estimate of drug-likeness (QED) is 0.373. The molecule has 0 unspecified atom stereocenters. The minimum absolute atomic E-state index is 0.199. The first kappa shape index (κ1) is 23.1. The number of hydrogen-bond acceptors (Lipinski definition) is 7. The summed E-state index contributed by atoms with van der Waals surface area (Å²) in [4.78, 5) is 30.1. The lowest BCUT2D eigenvalue weighted by atomic mass is 10.1. The van der Waals surface area contributed by atoms with Crippen molar-refractivity contribution < 1.29 is 21.4 Å². The number of allylic oxidation sites excluding steroid dienone is 2. The number of nitrogens with zero attached hydrogens (tertiary/aromatic N) is 5. The minimum Gasteiger partial charge on any atom is -0.485 e. The number of aliphatic hydroxyl groups is 1. The number of halogens is 3. The lowest BCUT2D eigenvalue weighted by molar-refractivity contribution is 0.0688. The molecule has 0 amide bonds. The third kappa shape index (κ3) is 5.05. The van der Waals surface area contributed by atoms with Gasteiger partial charge in [0.1, 0.15) is 34.4 Å². The second-order valence-electron chi connectivity index (χ2n) is 9.04. The summed E-state index contributed by atoms with van der Waals surface area (Å²) in [6.45, 7) is 0.254. The maximum atomic E-state index is 14.3. The number of fused-ring (bicyclic) bond motifs is 3. The molecule has 0 spiro atoms. The number of pyridine rings is 3. The zero-order valence-corrected chi connectivity index (χ0v) is 21.0. The fourth-order valence-electron chi connectivity index (χ4n) is 3.88. The molecule has 11 heteroatoms. The zero-order valence-electron chi connectivity index (χ0n) is 22.2. The first-order chi connectivity index (χ1) is 18.8. The molecule has 1 N–H and O–H groups in total. The molecule has 0 radical (unpaired) electrons. The molecule has 5 rings (SSSR count). The van der Waals surface area contributed by atoms with Gasteiger partial charge in [0.2, 0.25) is 0 Å². The predicted molar refractivity (Wildman–Crippen MR) is 136 cm³/mol. The van der Waals surface area contributed by atoms with E-state index in [4.69, 9.17) is 19.1 Å². The summed E-state index contributed by atoms with van der Waals surface area (Å²) < 4.78 is 50.7. The van der Waals surface area contributed by atoms with Crippen molar-refractivity contribution in [3.63, 3.8) is 0 Å². The van der Waals surface area contributed by atoms with Gasteiger partial charge in [0, 0.05) is 36.6 Å². The van der Waals surface area contributed by atoms with Crippen LogP contribution in [0, 0.1) is 11.6 Å². The Kier molecular flexibility index (Phi) is 6.11. The van der Waals surface area contributed by atoms with E-state index >= 15 is 0 Å². The van der Waals surface area contributed by atoms with Gasteiger partial charge in [0.25, 0.3) is 5.56 Å². The molecule has 8 nitrogen and oxygen atoms in total. The van der Waals surface area contributed by atoms with Gasteiger partial charge in [-0.1, -0.05) is 23.8 Å². The van der Waals surface area contributed by atoms with E-state index in [9.17, 15) is 18.7 Å². The van der Waals surface area contributed by atoms with Crippen LogP contribution < -0.4 is 10.3 Å². The molecule has 0 atom stereocenters. The van der Waals surface area contributed by atoms with E-state index < -0.39 is 40.1 Å². The SMILES string of the molecule is [2H]C([2H])(Oc1cc2n(c(=O)c1Cl)-c1cc(-c3ccnc(C(C)(C)O)n3)ncc1C/C=C\C2)c1ncc(F)cc1F. The standard InChI is InChI=1S/C27H22ClF2N5O3/c1-27(2,37)26-31-8-7-19(34-26)20-11-22-15(12-32-20)5-3-4-6-17-10-23(24(28)25(36)35(17)22)38-14-21-18(30)9-16(29)13-33-21/h3-4,7-13,37H,5-6,14H2,1-2H3/b4-3-/i14D2. The number of hydrogen-bond donors (Lipinski definition) is 1. The Morgan fingerprint density at radius 3 is 2.68 bits per heavy atom. The van der Waals surface area contributed by atoms with E-state index in [1.54, 1.807) is 32.2 Å². The molecule has 1 aliphatic heterocycles. The van der Waals surface area contributed by atoms with E-state index in [2.05, 4.69) is 19.9 Å². The Balaban J connectivity index is 1.62. The van der Waals surface area contributed by atoms with Crippen molar-refractivity contribution in [3.05, 3.63) is 105 Å². The van der Waals surface area contributed by atoms with E-state index in [1.165, 1.54) is 16.8 Å². The molecule has 4 aromatic rings. The van der Waals surface area contributed by atoms with Crippen LogP contribution in [-0.4, -0.2) is 29.6 Å². The third-order valence-electron chi connectivity index (χ3n) is 5.76. The van der Waals surface area contributed by atoms with Crippen molar-refractivity contribution >= 4 is 11.6 Å². The molecule has 0 fully saturated rings. The third-order valence-corrected chi connectivity index (χ3v) is 6.10. The molecule has 0 saturated carbocycles. The summed E-state index contributed by atoms with van der Waals surface area (Å²) in [5.41, 5.74) is -0.358. The van der Waals surface area contributed by atoms with E-state index in [-0.39, 0.29) is 18.0 Å². The monoisotopic (exact) mass is 539 g/mol. The zero-order chi connectivity index (χ0) is 28.8. The summed E-state index contributed by atoms with van der Waals surface area (Å²) in [7, 11) is 0. The maximum Gasteiger partial charge on any atom is 0.277 e. The second kappa shape index (κ2) is 10.0. The molecular formula is C27H22ClF2N5O3. The summed E-state index contributed by atoms with van der Waals surface area (Å²) in [6.07, 6.45) is 8.25. The molecule has 0 saturated heterocycles. The Morgan fingerprint density at radius 2 is 1.92 bits per heavy atom. The van der Waals surface area contributed by atoms with Crippen LogP contribution >= 0.6 is 11.6 Å². The Hall–Kier alpha value is -4.02. The van der Waals surface area contributed by atoms with Gasteiger partial charge >= 0.3 is 0 Å². The van der Waals surface area contributed by atoms with E-state index in [1.807, 2.05) is 12.2 Å². The summed E-state index contributed by atoms with van der Waals surface area (Å²) >= 11 is 6.40. The molecule has 38 heavy (non-hydrogen) atoms. The van der Waals surface area contributed by atoms with Gasteiger partial charge in [-0.3, -0.25) is 19.3 Å². The van der Waals surface area contributed by atoms with Crippen LogP contribution in [0.5, 0.6) is 5.75 Å². The van der Waals surface area contributed by atoms with Gasteiger partial charge in [0.05, 0.1) is 26.0 Å². The summed E-state index contributed by atoms with van der Waals surface area (Å²) in [5.74, 6) is -2.36. The highest BCUT2D eigenvalue weighted by atomic mass is 35.5. The first-order valence-corrected chi connectivity index (χ1v) is 11.9. The highest BCUT2D eigenvalue weighted by Crippen LogP contribution is 2.29. The highest BCUT2D eigenvalue weighted by molar-refractivity contribution is 6.31. The van der Waals surface area contributed by atoms with Crippen molar-refractivity contribution in [1.82, 2.24) is 24.5 Å². The predicted octanol–water partition coefficient (Wildman–Crippen LogP) is 4.48. The van der Waals surface area contributed by atoms with Gasteiger partial charge in [-0.2, -0.15) is 0 Å². The summed E-state index contributed by atoms with van der Waals surface area (Å²) in [5, 5.41) is 9.88. The second-order valence-corrected chi connectivity index (χ2v) is 9.42.